The second-order valence-corrected chi connectivity index (χ2v) is 9.07. The molecule has 4 heteroatoms. The highest BCUT2D eigenvalue weighted by atomic mass is 16.2. The molecule has 2 heterocycles. The second kappa shape index (κ2) is 7.35. The fraction of sp³-hybridized carbons (Fsp3) is 0.346. The summed E-state index contributed by atoms with van der Waals surface area (Å²) in [4.78, 5) is 16.9. The van der Waals surface area contributed by atoms with Gasteiger partial charge in [-0.2, -0.15) is 0 Å². The first-order chi connectivity index (χ1) is 14.2. The Morgan fingerprint density at radius 2 is 1.80 bits per heavy atom. The monoisotopic (exact) mass is 401 g/mol. The van der Waals surface area contributed by atoms with Crippen molar-refractivity contribution in [3.63, 3.8) is 0 Å². The van der Waals surface area contributed by atoms with Gasteiger partial charge in [-0.05, 0) is 47.9 Å². The molecule has 2 aliphatic heterocycles. The van der Waals surface area contributed by atoms with Crippen LogP contribution in [-0.4, -0.2) is 32.2 Å². The van der Waals surface area contributed by atoms with Crippen LogP contribution in [0.5, 0.6) is 0 Å². The SMILES string of the molecule is Cc1ccc2c(c1)N1CCC(=O)NC1(C=CC=Cc1ccc(N(C)C)cc1)C2(C)C. The molecule has 1 fully saturated rings. The summed E-state index contributed by atoms with van der Waals surface area (Å²) >= 11 is 0. The molecule has 30 heavy (non-hydrogen) atoms. The molecule has 4 nitrogen and oxygen atoms in total. The Labute approximate surface area is 179 Å². The lowest BCUT2D eigenvalue weighted by molar-refractivity contribution is -0.124. The smallest absolute Gasteiger partial charge is 0.223 e. The zero-order chi connectivity index (χ0) is 21.5. The molecule has 2 aromatic carbocycles. The summed E-state index contributed by atoms with van der Waals surface area (Å²) in [5.41, 5.74) is 5.28. The Kier molecular flexibility index (Phi) is 4.97. The predicted molar refractivity (Wildman–Crippen MR) is 126 cm³/mol. The van der Waals surface area contributed by atoms with Crippen LogP contribution in [0.4, 0.5) is 11.4 Å². The summed E-state index contributed by atoms with van der Waals surface area (Å²) in [6, 6.07) is 15.1. The Morgan fingerprint density at radius 1 is 1.07 bits per heavy atom. The molecule has 0 aromatic heterocycles. The molecule has 0 spiro atoms. The van der Waals surface area contributed by atoms with E-state index in [1.54, 1.807) is 0 Å². The normalized spacial score (nSPS) is 22.3. The van der Waals surface area contributed by atoms with Crippen LogP contribution in [0.15, 0.2) is 60.7 Å². The fourth-order valence-electron chi connectivity index (χ4n) is 4.72. The minimum Gasteiger partial charge on any atom is -0.378 e. The van der Waals surface area contributed by atoms with E-state index in [1.807, 2.05) is 14.1 Å². The number of aryl methyl sites for hydroxylation is 1. The van der Waals surface area contributed by atoms with Crippen molar-refractivity contribution >= 4 is 23.4 Å². The Balaban J connectivity index is 1.65. The number of fused-ring (bicyclic) bond motifs is 3. The summed E-state index contributed by atoms with van der Waals surface area (Å²) in [6.45, 7) is 7.29. The molecule has 4 rings (SSSR count). The summed E-state index contributed by atoms with van der Waals surface area (Å²) in [5.74, 6) is 0.108. The molecule has 1 atom stereocenters. The molecular weight excluding hydrogens is 370 g/mol. The number of rotatable bonds is 4. The lowest BCUT2D eigenvalue weighted by Crippen LogP contribution is -2.68. The van der Waals surface area contributed by atoms with Crippen LogP contribution < -0.4 is 15.1 Å². The molecule has 1 amide bonds. The van der Waals surface area contributed by atoms with Crippen LogP contribution in [0, 0.1) is 6.92 Å². The number of hydrogen-bond donors (Lipinski definition) is 1. The van der Waals surface area contributed by atoms with Crippen molar-refractivity contribution in [1.29, 1.82) is 0 Å². The summed E-state index contributed by atoms with van der Waals surface area (Å²) in [6.07, 6.45) is 8.90. The number of carbonyl (C=O) groups is 1. The molecule has 1 unspecified atom stereocenters. The Bertz CT molecular complexity index is 1020. The lowest BCUT2D eigenvalue weighted by atomic mass is 9.74. The lowest BCUT2D eigenvalue weighted by Gasteiger charge is -2.49. The topological polar surface area (TPSA) is 35.6 Å². The molecule has 0 bridgehead atoms. The van der Waals surface area contributed by atoms with Crippen LogP contribution >= 0.6 is 0 Å². The highest BCUT2D eigenvalue weighted by molar-refractivity contribution is 5.84. The van der Waals surface area contributed by atoms with Crippen molar-refractivity contribution in [3.8, 4) is 0 Å². The molecule has 0 saturated carbocycles. The van der Waals surface area contributed by atoms with E-state index in [-0.39, 0.29) is 11.3 Å². The van der Waals surface area contributed by atoms with Crippen LogP contribution in [-0.2, 0) is 10.2 Å². The number of amides is 1. The van der Waals surface area contributed by atoms with Gasteiger partial charge in [0.1, 0.15) is 5.66 Å². The van der Waals surface area contributed by atoms with Gasteiger partial charge in [0.15, 0.2) is 0 Å². The van der Waals surface area contributed by atoms with Gasteiger partial charge in [0.25, 0.3) is 0 Å². The first-order valence-corrected chi connectivity index (χ1v) is 10.6. The molecule has 2 aliphatic rings. The average Bonchev–Trinajstić information content (AvgIpc) is 2.89. The van der Waals surface area contributed by atoms with E-state index in [0.717, 1.165) is 12.1 Å². The number of nitrogens with one attached hydrogen (secondary N) is 1. The number of allylic oxidation sites excluding steroid dienone is 2. The maximum absolute atomic E-state index is 12.5. The molecule has 156 valence electrons. The minimum absolute atomic E-state index is 0.108. The van der Waals surface area contributed by atoms with Crippen LogP contribution in [0.2, 0.25) is 0 Å². The van der Waals surface area contributed by atoms with Gasteiger partial charge in [0.2, 0.25) is 5.91 Å². The van der Waals surface area contributed by atoms with Gasteiger partial charge in [-0.15, -0.1) is 0 Å². The molecule has 0 radical (unpaired) electrons. The predicted octanol–water partition coefficient (Wildman–Crippen LogP) is 4.64. The van der Waals surface area contributed by atoms with Crippen LogP contribution in [0.25, 0.3) is 6.08 Å². The zero-order valence-corrected chi connectivity index (χ0v) is 18.6. The van der Waals surface area contributed by atoms with Gasteiger partial charge >= 0.3 is 0 Å². The number of hydrogen-bond acceptors (Lipinski definition) is 3. The third kappa shape index (κ3) is 3.20. The van der Waals surface area contributed by atoms with Gasteiger partial charge in [-0.3, -0.25) is 4.79 Å². The van der Waals surface area contributed by atoms with Crippen LogP contribution in [0.3, 0.4) is 0 Å². The fourth-order valence-corrected chi connectivity index (χ4v) is 4.72. The standard InChI is InChI=1S/C26H31N3O/c1-19-9-14-22-23(18-19)29-17-15-24(30)27-26(29,25(22,2)3)16-7-6-8-20-10-12-21(13-11-20)28(4)5/h6-14,16,18H,15,17H2,1-5H3,(H,27,30). The largest absolute Gasteiger partial charge is 0.378 e. The summed E-state index contributed by atoms with van der Waals surface area (Å²) in [5, 5.41) is 3.33. The van der Waals surface area contributed by atoms with Crippen molar-refractivity contribution in [3.05, 3.63) is 77.4 Å². The van der Waals surface area contributed by atoms with Gasteiger partial charge in [-0.25, -0.2) is 0 Å². The van der Waals surface area contributed by atoms with Crippen molar-refractivity contribution in [2.24, 2.45) is 0 Å². The van der Waals surface area contributed by atoms with Crippen molar-refractivity contribution in [2.45, 2.75) is 38.3 Å². The molecule has 0 aliphatic carbocycles. The third-order valence-electron chi connectivity index (χ3n) is 6.54. The second-order valence-electron chi connectivity index (χ2n) is 9.07. The van der Waals surface area contributed by atoms with E-state index in [4.69, 9.17) is 0 Å². The van der Waals surface area contributed by atoms with E-state index in [1.165, 1.54) is 22.5 Å². The molecule has 2 aromatic rings. The van der Waals surface area contributed by atoms with E-state index >= 15 is 0 Å². The minimum atomic E-state index is -0.558. The van der Waals surface area contributed by atoms with Crippen molar-refractivity contribution in [1.82, 2.24) is 5.32 Å². The van der Waals surface area contributed by atoms with Crippen molar-refractivity contribution < 1.29 is 4.79 Å². The quantitative estimate of drug-likeness (QED) is 0.758. The number of carbonyl (C=O) groups excluding carboxylic acids is 1. The number of nitrogens with zero attached hydrogens (tertiary/aromatic N) is 2. The first kappa shape index (κ1) is 20.3. The summed E-state index contributed by atoms with van der Waals surface area (Å²) in [7, 11) is 4.08. The number of anilines is 2. The highest BCUT2D eigenvalue weighted by Crippen LogP contribution is 2.52. The van der Waals surface area contributed by atoms with E-state index in [2.05, 4.69) is 103 Å². The highest BCUT2D eigenvalue weighted by Gasteiger charge is 2.57. The molecule has 1 saturated heterocycles. The first-order valence-electron chi connectivity index (χ1n) is 10.6. The van der Waals surface area contributed by atoms with Gasteiger partial charge in [0, 0.05) is 43.9 Å². The third-order valence-corrected chi connectivity index (χ3v) is 6.54. The van der Waals surface area contributed by atoms with Crippen LogP contribution in [0.1, 0.15) is 37.0 Å². The Hall–Kier alpha value is -3.01. The zero-order valence-electron chi connectivity index (χ0n) is 18.6. The van der Waals surface area contributed by atoms with Crippen molar-refractivity contribution in [2.75, 3.05) is 30.4 Å². The molecule has 1 N–H and O–H groups in total. The van der Waals surface area contributed by atoms with E-state index in [9.17, 15) is 4.79 Å². The molecular formula is C26H31N3O. The maximum Gasteiger partial charge on any atom is 0.223 e. The van der Waals surface area contributed by atoms with Gasteiger partial charge < -0.3 is 15.1 Å². The maximum atomic E-state index is 12.5. The average molecular weight is 402 g/mol. The summed E-state index contributed by atoms with van der Waals surface area (Å²) < 4.78 is 0. The van der Waals surface area contributed by atoms with Gasteiger partial charge in [0.05, 0.1) is 0 Å². The van der Waals surface area contributed by atoms with E-state index in [0.29, 0.717) is 6.42 Å². The Morgan fingerprint density at radius 3 is 2.50 bits per heavy atom. The van der Waals surface area contributed by atoms with E-state index < -0.39 is 5.66 Å². The number of benzene rings is 2. The van der Waals surface area contributed by atoms with Gasteiger partial charge in [-0.1, -0.05) is 56.3 Å².